The summed E-state index contributed by atoms with van der Waals surface area (Å²) in [6, 6.07) is 7.86. The number of phenolic OH excluding ortho intramolecular Hbond substituents is 1. The Morgan fingerprint density at radius 3 is 2.33 bits per heavy atom. The summed E-state index contributed by atoms with van der Waals surface area (Å²) in [4.78, 5) is 0. The number of ether oxygens (including phenoxy) is 2. The summed E-state index contributed by atoms with van der Waals surface area (Å²) in [5, 5.41) is 10.0. The van der Waals surface area contributed by atoms with Gasteiger partial charge in [0.05, 0.1) is 7.11 Å². The number of hydrogen-bond acceptors (Lipinski definition) is 3. The van der Waals surface area contributed by atoms with Gasteiger partial charge in [-0.25, -0.2) is 0 Å². The van der Waals surface area contributed by atoms with Gasteiger partial charge in [0.15, 0.2) is 0 Å². The lowest BCUT2D eigenvalue weighted by Crippen LogP contribution is -2.29. The highest BCUT2D eigenvalue weighted by molar-refractivity contribution is 5.79. The number of hydrogen-bond donors (Lipinski definition) is 1. The Kier molecular flexibility index (Phi) is 2.90. The predicted molar refractivity (Wildman–Crippen MR) is 83.2 cm³/mol. The molecule has 110 valence electrons. The van der Waals surface area contributed by atoms with E-state index < -0.39 is 5.60 Å². The Hall–Kier alpha value is -2.16. The SMILES string of the molecule is COc1cc2c(cc1C)-c1cc(C)c(O)cc1C(C)(C)O2. The molecule has 2 aromatic rings. The molecule has 1 heterocycles. The standard InChI is InChI=1S/C18H20O3/c1-10-6-12-13-7-11(2)16(20-5)9-17(13)21-18(3,4)14(12)8-15(10)19/h6-9,19H,1-5H3. The number of aryl methyl sites for hydroxylation is 2. The highest BCUT2D eigenvalue weighted by atomic mass is 16.5. The summed E-state index contributed by atoms with van der Waals surface area (Å²) >= 11 is 0. The first-order chi connectivity index (χ1) is 9.83. The van der Waals surface area contributed by atoms with Crippen molar-refractivity contribution in [3.05, 3.63) is 41.0 Å². The van der Waals surface area contributed by atoms with Crippen LogP contribution in [0.2, 0.25) is 0 Å². The molecular formula is C18H20O3. The van der Waals surface area contributed by atoms with E-state index in [-0.39, 0.29) is 0 Å². The molecule has 0 saturated heterocycles. The summed E-state index contributed by atoms with van der Waals surface area (Å²) in [5.74, 6) is 1.95. The van der Waals surface area contributed by atoms with Crippen molar-refractivity contribution in [3.63, 3.8) is 0 Å². The quantitative estimate of drug-likeness (QED) is 0.848. The molecule has 2 aromatic carbocycles. The van der Waals surface area contributed by atoms with E-state index in [1.807, 2.05) is 45.9 Å². The van der Waals surface area contributed by atoms with Crippen LogP contribution in [0.15, 0.2) is 24.3 Å². The largest absolute Gasteiger partial charge is 0.508 e. The zero-order valence-electron chi connectivity index (χ0n) is 13.1. The van der Waals surface area contributed by atoms with Gasteiger partial charge in [-0.15, -0.1) is 0 Å². The maximum absolute atomic E-state index is 10.0. The molecule has 0 amide bonds. The van der Waals surface area contributed by atoms with E-state index in [4.69, 9.17) is 9.47 Å². The molecule has 0 bridgehead atoms. The fourth-order valence-corrected chi connectivity index (χ4v) is 2.93. The van der Waals surface area contributed by atoms with Crippen LogP contribution in [0.4, 0.5) is 0 Å². The Labute approximate surface area is 125 Å². The van der Waals surface area contributed by atoms with Crippen LogP contribution < -0.4 is 9.47 Å². The molecule has 0 radical (unpaired) electrons. The van der Waals surface area contributed by atoms with Gasteiger partial charge in [-0.3, -0.25) is 0 Å². The van der Waals surface area contributed by atoms with Crippen molar-refractivity contribution in [2.45, 2.75) is 33.3 Å². The van der Waals surface area contributed by atoms with Crippen LogP contribution in [0, 0.1) is 13.8 Å². The first-order valence-electron chi connectivity index (χ1n) is 7.05. The van der Waals surface area contributed by atoms with E-state index in [1.165, 1.54) is 0 Å². The second-order valence-electron chi connectivity index (χ2n) is 6.11. The Morgan fingerprint density at radius 1 is 1.00 bits per heavy atom. The second-order valence-corrected chi connectivity index (χ2v) is 6.11. The molecular weight excluding hydrogens is 264 g/mol. The van der Waals surface area contributed by atoms with E-state index in [1.54, 1.807) is 7.11 Å². The molecule has 21 heavy (non-hydrogen) atoms. The Morgan fingerprint density at radius 2 is 1.67 bits per heavy atom. The summed E-state index contributed by atoms with van der Waals surface area (Å²) in [6.07, 6.45) is 0. The third-order valence-corrected chi connectivity index (χ3v) is 4.14. The smallest absolute Gasteiger partial charge is 0.132 e. The van der Waals surface area contributed by atoms with Gasteiger partial charge in [0.1, 0.15) is 22.8 Å². The van der Waals surface area contributed by atoms with Crippen molar-refractivity contribution in [2.24, 2.45) is 0 Å². The maximum Gasteiger partial charge on any atom is 0.132 e. The average molecular weight is 284 g/mol. The lowest BCUT2D eigenvalue weighted by atomic mass is 9.84. The highest BCUT2D eigenvalue weighted by Crippen LogP contribution is 2.48. The lowest BCUT2D eigenvalue weighted by Gasteiger charge is -2.35. The molecule has 3 rings (SSSR count). The van der Waals surface area contributed by atoms with E-state index in [0.717, 1.165) is 39.3 Å². The molecule has 1 aliphatic rings. The molecule has 0 unspecified atom stereocenters. The van der Waals surface area contributed by atoms with Crippen LogP contribution in [0.1, 0.15) is 30.5 Å². The van der Waals surface area contributed by atoms with Crippen molar-refractivity contribution in [1.82, 2.24) is 0 Å². The Balaban J connectivity index is 2.32. The summed E-state index contributed by atoms with van der Waals surface area (Å²) in [7, 11) is 1.67. The first-order valence-corrected chi connectivity index (χ1v) is 7.05. The number of phenols is 1. The van der Waals surface area contributed by atoms with E-state index in [0.29, 0.717) is 5.75 Å². The lowest BCUT2D eigenvalue weighted by molar-refractivity contribution is 0.105. The molecule has 1 N–H and O–H groups in total. The van der Waals surface area contributed by atoms with Gasteiger partial charge < -0.3 is 14.6 Å². The predicted octanol–water partition coefficient (Wildman–Crippen LogP) is 4.31. The van der Waals surface area contributed by atoms with Crippen LogP contribution in [-0.4, -0.2) is 12.2 Å². The molecule has 3 heteroatoms. The highest BCUT2D eigenvalue weighted by Gasteiger charge is 2.33. The minimum Gasteiger partial charge on any atom is -0.508 e. The molecule has 0 atom stereocenters. The average Bonchev–Trinajstić information content (AvgIpc) is 2.41. The number of aromatic hydroxyl groups is 1. The summed E-state index contributed by atoms with van der Waals surface area (Å²) in [5.41, 5.74) is 4.60. The van der Waals surface area contributed by atoms with Gasteiger partial charge in [-0.05, 0) is 62.6 Å². The normalized spacial score (nSPS) is 14.9. The van der Waals surface area contributed by atoms with Crippen LogP contribution in [0.3, 0.4) is 0 Å². The number of benzene rings is 2. The van der Waals surface area contributed by atoms with Crippen molar-refractivity contribution < 1.29 is 14.6 Å². The molecule has 0 spiro atoms. The number of fused-ring (bicyclic) bond motifs is 3. The molecule has 0 fully saturated rings. The first kappa shape index (κ1) is 13.8. The minimum absolute atomic E-state index is 0.305. The van der Waals surface area contributed by atoms with Gasteiger partial charge in [-0.2, -0.15) is 0 Å². The van der Waals surface area contributed by atoms with Crippen LogP contribution >= 0.6 is 0 Å². The molecule has 3 nitrogen and oxygen atoms in total. The van der Waals surface area contributed by atoms with Crippen molar-refractivity contribution in [2.75, 3.05) is 7.11 Å². The zero-order chi connectivity index (χ0) is 15.4. The second kappa shape index (κ2) is 4.42. The van der Waals surface area contributed by atoms with E-state index in [9.17, 15) is 5.11 Å². The van der Waals surface area contributed by atoms with Gasteiger partial charge in [-0.1, -0.05) is 0 Å². The van der Waals surface area contributed by atoms with Gasteiger partial charge >= 0.3 is 0 Å². The summed E-state index contributed by atoms with van der Waals surface area (Å²) in [6.45, 7) is 7.95. The third-order valence-electron chi connectivity index (χ3n) is 4.14. The van der Waals surface area contributed by atoms with E-state index >= 15 is 0 Å². The fraction of sp³-hybridized carbons (Fsp3) is 0.333. The minimum atomic E-state index is -0.492. The maximum atomic E-state index is 10.0. The Bertz CT molecular complexity index is 730. The van der Waals surface area contributed by atoms with Gasteiger partial charge in [0, 0.05) is 17.2 Å². The number of methoxy groups -OCH3 is 1. The summed E-state index contributed by atoms with van der Waals surface area (Å²) < 4.78 is 11.5. The van der Waals surface area contributed by atoms with Gasteiger partial charge in [0.2, 0.25) is 0 Å². The monoisotopic (exact) mass is 284 g/mol. The topological polar surface area (TPSA) is 38.7 Å². The molecule has 0 aliphatic carbocycles. The van der Waals surface area contributed by atoms with Crippen LogP contribution in [0.25, 0.3) is 11.1 Å². The van der Waals surface area contributed by atoms with E-state index in [2.05, 4.69) is 6.07 Å². The van der Waals surface area contributed by atoms with Crippen molar-refractivity contribution in [1.29, 1.82) is 0 Å². The number of rotatable bonds is 1. The van der Waals surface area contributed by atoms with Crippen LogP contribution in [-0.2, 0) is 5.60 Å². The fourth-order valence-electron chi connectivity index (χ4n) is 2.93. The zero-order valence-corrected chi connectivity index (χ0v) is 13.1. The van der Waals surface area contributed by atoms with Crippen molar-refractivity contribution >= 4 is 0 Å². The molecule has 0 saturated carbocycles. The van der Waals surface area contributed by atoms with Crippen molar-refractivity contribution in [3.8, 4) is 28.4 Å². The van der Waals surface area contributed by atoms with Crippen LogP contribution in [0.5, 0.6) is 17.2 Å². The molecule has 0 aromatic heterocycles. The third kappa shape index (κ3) is 2.04. The molecule has 1 aliphatic heterocycles. The van der Waals surface area contributed by atoms with Gasteiger partial charge in [0.25, 0.3) is 0 Å².